The number of benzene rings is 2. The molecule has 0 aliphatic heterocycles. The van der Waals surface area contributed by atoms with E-state index in [1.54, 1.807) is 42.5 Å². The van der Waals surface area contributed by atoms with Gasteiger partial charge in [-0.25, -0.2) is 4.79 Å². The van der Waals surface area contributed by atoms with E-state index in [9.17, 15) is 19.6 Å². The molecule has 0 unspecified atom stereocenters. The van der Waals surface area contributed by atoms with Gasteiger partial charge in [-0.05, 0) is 24.3 Å². The average Bonchev–Trinajstić information content (AvgIpc) is 2.72. The van der Waals surface area contributed by atoms with Crippen molar-refractivity contribution < 1.29 is 19.1 Å². The molecule has 2 aromatic carbocycles. The highest BCUT2D eigenvalue weighted by Gasteiger charge is 2.18. The van der Waals surface area contributed by atoms with Gasteiger partial charge in [0, 0.05) is 23.9 Å². The third-order valence-corrected chi connectivity index (χ3v) is 4.90. The number of carbonyl (C=O) groups excluding carboxylic acids is 3. The monoisotopic (exact) mass is 397 g/mol. The number of nitriles is 1. The highest BCUT2D eigenvalue weighted by Crippen LogP contribution is 2.32. The Morgan fingerprint density at radius 3 is 2.43 bits per heavy atom. The van der Waals surface area contributed by atoms with Gasteiger partial charge in [0.05, 0.1) is 17.7 Å². The quantitative estimate of drug-likeness (QED) is 0.718. The Balaban J connectivity index is 2.07. The Labute approximate surface area is 167 Å². The number of amides is 2. The van der Waals surface area contributed by atoms with Crippen molar-refractivity contribution in [3.05, 3.63) is 59.7 Å². The highest BCUT2D eigenvalue weighted by atomic mass is 32.2. The van der Waals surface area contributed by atoms with E-state index in [0.29, 0.717) is 20.9 Å². The van der Waals surface area contributed by atoms with E-state index in [2.05, 4.69) is 11.4 Å². The molecule has 0 bridgehead atoms. The summed E-state index contributed by atoms with van der Waals surface area (Å²) in [6, 6.07) is 16.0. The molecule has 2 amide bonds. The van der Waals surface area contributed by atoms with E-state index >= 15 is 0 Å². The van der Waals surface area contributed by atoms with Gasteiger partial charge in [-0.15, -0.1) is 0 Å². The van der Waals surface area contributed by atoms with Crippen LogP contribution in [0.4, 0.5) is 0 Å². The van der Waals surface area contributed by atoms with Crippen LogP contribution in [0.5, 0.6) is 0 Å². The SMILES string of the molecule is CNC(=O)CN(C)C(=O)COC(=O)c1ccccc1Sc1ccccc1C#N. The van der Waals surface area contributed by atoms with Gasteiger partial charge in [0.25, 0.3) is 5.91 Å². The molecule has 0 fully saturated rings. The fourth-order valence-corrected chi connectivity index (χ4v) is 3.20. The lowest BCUT2D eigenvalue weighted by atomic mass is 10.2. The number of ether oxygens (including phenoxy) is 1. The maximum absolute atomic E-state index is 12.5. The van der Waals surface area contributed by atoms with Crippen LogP contribution in [0, 0.1) is 11.3 Å². The van der Waals surface area contributed by atoms with Crippen LogP contribution in [0.25, 0.3) is 0 Å². The summed E-state index contributed by atoms with van der Waals surface area (Å²) < 4.78 is 5.12. The van der Waals surface area contributed by atoms with Crippen molar-refractivity contribution in [1.82, 2.24) is 10.2 Å². The lowest BCUT2D eigenvalue weighted by molar-refractivity contribution is -0.137. The van der Waals surface area contributed by atoms with Crippen molar-refractivity contribution in [3.63, 3.8) is 0 Å². The van der Waals surface area contributed by atoms with Crippen molar-refractivity contribution in [2.24, 2.45) is 0 Å². The largest absolute Gasteiger partial charge is 0.452 e. The number of esters is 1. The summed E-state index contributed by atoms with van der Waals surface area (Å²) in [5, 5.41) is 11.6. The van der Waals surface area contributed by atoms with Gasteiger partial charge in [0.1, 0.15) is 6.07 Å². The highest BCUT2D eigenvalue weighted by molar-refractivity contribution is 7.99. The second-order valence-corrected chi connectivity index (χ2v) is 6.79. The van der Waals surface area contributed by atoms with E-state index in [0.717, 1.165) is 0 Å². The number of carbonyl (C=O) groups is 3. The zero-order valence-electron chi connectivity index (χ0n) is 15.5. The van der Waals surface area contributed by atoms with Gasteiger partial charge in [-0.3, -0.25) is 9.59 Å². The maximum atomic E-state index is 12.5. The van der Waals surface area contributed by atoms with Crippen LogP contribution in [0.3, 0.4) is 0 Å². The molecule has 2 rings (SSSR count). The zero-order chi connectivity index (χ0) is 20.5. The summed E-state index contributed by atoms with van der Waals surface area (Å²) in [5.74, 6) is -1.46. The minimum Gasteiger partial charge on any atom is -0.452 e. The normalized spacial score (nSPS) is 9.89. The van der Waals surface area contributed by atoms with Gasteiger partial charge in [-0.2, -0.15) is 5.26 Å². The van der Waals surface area contributed by atoms with Crippen LogP contribution in [0.2, 0.25) is 0 Å². The molecule has 7 nitrogen and oxygen atoms in total. The minimum absolute atomic E-state index is 0.121. The predicted octanol–water partition coefficient (Wildman–Crippen LogP) is 2.07. The summed E-state index contributed by atoms with van der Waals surface area (Å²) >= 11 is 1.27. The van der Waals surface area contributed by atoms with Gasteiger partial charge < -0.3 is 15.0 Å². The molecule has 0 atom stereocenters. The third kappa shape index (κ3) is 5.59. The average molecular weight is 397 g/mol. The first-order chi connectivity index (χ1) is 13.5. The number of hydrogen-bond acceptors (Lipinski definition) is 6. The second kappa shape index (κ2) is 10.1. The molecule has 0 heterocycles. The first kappa shape index (κ1) is 21.0. The summed E-state index contributed by atoms with van der Waals surface area (Å²) in [5.41, 5.74) is 0.795. The third-order valence-electron chi connectivity index (χ3n) is 3.75. The van der Waals surface area contributed by atoms with E-state index < -0.39 is 18.5 Å². The molecule has 0 aliphatic carbocycles. The van der Waals surface area contributed by atoms with Crippen LogP contribution >= 0.6 is 11.8 Å². The van der Waals surface area contributed by atoms with Crippen molar-refractivity contribution in [2.75, 3.05) is 27.2 Å². The van der Waals surface area contributed by atoms with Gasteiger partial charge in [-0.1, -0.05) is 36.0 Å². The summed E-state index contributed by atoms with van der Waals surface area (Å²) in [4.78, 5) is 38.3. The molecule has 8 heteroatoms. The maximum Gasteiger partial charge on any atom is 0.339 e. The summed E-state index contributed by atoms with van der Waals surface area (Å²) in [6.07, 6.45) is 0. The molecule has 2 aromatic rings. The molecule has 0 radical (unpaired) electrons. The van der Waals surface area contributed by atoms with E-state index in [4.69, 9.17) is 4.74 Å². The number of likely N-dealkylation sites (N-methyl/N-ethyl adjacent to an activating group) is 2. The first-order valence-electron chi connectivity index (χ1n) is 8.34. The molecule has 0 saturated carbocycles. The Morgan fingerprint density at radius 1 is 1.11 bits per heavy atom. The van der Waals surface area contributed by atoms with Crippen molar-refractivity contribution in [1.29, 1.82) is 5.26 Å². The predicted molar refractivity (Wildman–Crippen MR) is 104 cm³/mol. The number of nitrogens with one attached hydrogen (secondary N) is 1. The Morgan fingerprint density at radius 2 is 1.75 bits per heavy atom. The summed E-state index contributed by atoms with van der Waals surface area (Å²) in [7, 11) is 2.92. The first-order valence-corrected chi connectivity index (χ1v) is 9.15. The number of nitrogens with zero attached hydrogens (tertiary/aromatic N) is 2. The van der Waals surface area contributed by atoms with Crippen LogP contribution in [0.15, 0.2) is 58.3 Å². The molecule has 0 spiro atoms. The fourth-order valence-electron chi connectivity index (χ4n) is 2.19. The fraction of sp³-hybridized carbons (Fsp3) is 0.200. The van der Waals surface area contributed by atoms with Crippen molar-refractivity contribution >= 4 is 29.5 Å². The van der Waals surface area contributed by atoms with Crippen molar-refractivity contribution in [3.8, 4) is 6.07 Å². The molecule has 0 aliphatic rings. The molecule has 1 N–H and O–H groups in total. The zero-order valence-corrected chi connectivity index (χ0v) is 16.3. The van der Waals surface area contributed by atoms with E-state index in [-0.39, 0.29) is 12.5 Å². The van der Waals surface area contributed by atoms with Crippen LogP contribution < -0.4 is 5.32 Å². The van der Waals surface area contributed by atoms with Gasteiger partial charge in [0.2, 0.25) is 5.91 Å². The van der Waals surface area contributed by atoms with Crippen LogP contribution in [-0.2, 0) is 14.3 Å². The lowest BCUT2D eigenvalue weighted by Crippen LogP contribution is -2.39. The van der Waals surface area contributed by atoms with Gasteiger partial charge in [0.15, 0.2) is 6.61 Å². The van der Waals surface area contributed by atoms with Crippen LogP contribution in [0.1, 0.15) is 15.9 Å². The standard InChI is InChI=1S/C20H19N3O4S/c1-22-18(24)12-23(2)19(25)13-27-20(26)15-8-4-6-10-17(15)28-16-9-5-3-7-14(16)11-21/h3-10H,12-13H2,1-2H3,(H,22,24). The smallest absolute Gasteiger partial charge is 0.339 e. The minimum atomic E-state index is -0.653. The number of rotatable bonds is 7. The second-order valence-electron chi connectivity index (χ2n) is 5.71. The number of hydrogen-bond donors (Lipinski definition) is 1. The Kier molecular flexibility index (Phi) is 7.60. The molecule has 144 valence electrons. The summed E-state index contributed by atoms with van der Waals surface area (Å²) in [6.45, 7) is -0.593. The molecular weight excluding hydrogens is 378 g/mol. The van der Waals surface area contributed by atoms with Gasteiger partial charge >= 0.3 is 5.97 Å². The Hall–Kier alpha value is -3.31. The molecular formula is C20H19N3O4S. The molecule has 28 heavy (non-hydrogen) atoms. The lowest BCUT2D eigenvalue weighted by Gasteiger charge is -2.16. The molecule has 0 aromatic heterocycles. The topological polar surface area (TPSA) is 99.5 Å². The van der Waals surface area contributed by atoms with E-state index in [1.165, 1.54) is 30.8 Å². The van der Waals surface area contributed by atoms with Crippen LogP contribution in [-0.4, -0.2) is 49.9 Å². The molecule has 0 saturated heterocycles. The van der Waals surface area contributed by atoms with Crippen molar-refractivity contribution in [2.45, 2.75) is 9.79 Å². The van der Waals surface area contributed by atoms with E-state index in [1.807, 2.05) is 6.07 Å². The Bertz CT molecular complexity index is 924.